The molecule has 1 aromatic rings. The molecule has 2 rings (SSSR count). The number of amides is 1. The molecule has 0 aliphatic carbocycles. The summed E-state index contributed by atoms with van der Waals surface area (Å²) in [5.74, 6) is -0.315. The molecule has 3 N–H and O–H groups in total. The van der Waals surface area contributed by atoms with E-state index >= 15 is 0 Å². The molecule has 6 heteroatoms. The van der Waals surface area contributed by atoms with E-state index in [4.69, 9.17) is 22.1 Å². The monoisotopic (exact) mass is 311 g/mol. The maximum Gasteiger partial charge on any atom is 0.219 e. The van der Waals surface area contributed by atoms with E-state index in [1.165, 1.54) is 0 Å². The van der Waals surface area contributed by atoms with E-state index in [9.17, 15) is 4.79 Å². The molecule has 0 spiro atoms. The molecule has 0 bridgehead atoms. The highest BCUT2D eigenvalue weighted by molar-refractivity contribution is 6.31. The SMILES string of the molecule is CC(CC(N)=O)Nc1ccc(CN2CCOCC2)c(Cl)c1. The van der Waals surface area contributed by atoms with Crippen molar-refractivity contribution >= 4 is 23.2 Å². The van der Waals surface area contributed by atoms with Crippen LogP contribution in [0.3, 0.4) is 0 Å². The molecule has 1 atom stereocenters. The Hall–Kier alpha value is -1.30. The van der Waals surface area contributed by atoms with Gasteiger partial charge in [-0.3, -0.25) is 9.69 Å². The quantitative estimate of drug-likeness (QED) is 0.841. The first-order valence-electron chi connectivity index (χ1n) is 7.18. The molecule has 0 saturated carbocycles. The fraction of sp³-hybridized carbons (Fsp3) is 0.533. The molecular weight excluding hydrogens is 290 g/mol. The average molecular weight is 312 g/mol. The first kappa shape index (κ1) is 16.1. The van der Waals surface area contributed by atoms with Gasteiger partial charge in [-0.25, -0.2) is 0 Å². The number of morpholine rings is 1. The molecule has 1 fully saturated rings. The highest BCUT2D eigenvalue weighted by Gasteiger charge is 2.13. The lowest BCUT2D eigenvalue weighted by atomic mass is 10.1. The third kappa shape index (κ3) is 5.19. The maximum atomic E-state index is 10.9. The lowest BCUT2D eigenvalue weighted by Crippen LogP contribution is -2.35. The van der Waals surface area contributed by atoms with Gasteiger partial charge in [0.1, 0.15) is 0 Å². The van der Waals surface area contributed by atoms with Crippen LogP contribution >= 0.6 is 11.6 Å². The van der Waals surface area contributed by atoms with Crippen molar-refractivity contribution in [2.75, 3.05) is 31.6 Å². The zero-order valence-electron chi connectivity index (χ0n) is 12.3. The molecule has 1 aliphatic heterocycles. The van der Waals surface area contributed by atoms with Crippen LogP contribution in [0.25, 0.3) is 0 Å². The number of nitrogens with one attached hydrogen (secondary N) is 1. The number of nitrogens with two attached hydrogens (primary N) is 1. The summed E-state index contributed by atoms with van der Waals surface area (Å²) in [6, 6.07) is 5.90. The Kier molecular flexibility index (Phi) is 5.85. The molecular formula is C15H22ClN3O2. The van der Waals surface area contributed by atoms with E-state index in [-0.39, 0.29) is 11.9 Å². The summed E-state index contributed by atoms with van der Waals surface area (Å²) < 4.78 is 5.34. The number of benzene rings is 1. The standard InChI is InChI=1S/C15H22ClN3O2/c1-11(8-15(17)20)18-13-3-2-12(14(16)9-13)10-19-4-6-21-7-5-19/h2-3,9,11,18H,4-8,10H2,1H3,(H2,17,20). The highest BCUT2D eigenvalue weighted by atomic mass is 35.5. The van der Waals surface area contributed by atoms with E-state index in [1.54, 1.807) is 0 Å². The van der Waals surface area contributed by atoms with Gasteiger partial charge in [0.2, 0.25) is 5.91 Å². The largest absolute Gasteiger partial charge is 0.382 e. The Morgan fingerprint density at radius 1 is 1.48 bits per heavy atom. The molecule has 0 aromatic heterocycles. The van der Waals surface area contributed by atoms with Gasteiger partial charge in [-0.1, -0.05) is 17.7 Å². The minimum atomic E-state index is -0.315. The predicted octanol–water partition coefficient (Wildman–Crippen LogP) is 1.85. The summed E-state index contributed by atoms with van der Waals surface area (Å²) in [5, 5.41) is 3.96. The first-order chi connectivity index (χ1) is 10.0. The van der Waals surface area contributed by atoms with Crippen LogP contribution in [0, 0.1) is 0 Å². The van der Waals surface area contributed by atoms with Crippen molar-refractivity contribution in [1.29, 1.82) is 0 Å². The molecule has 116 valence electrons. The summed E-state index contributed by atoms with van der Waals surface area (Å²) in [6.07, 6.45) is 0.299. The first-order valence-corrected chi connectivity index (χ1v) is 7.56. The number of carbonyl (C=O) groups is 1. The van der Waals surface area contributed by atoms with Gasteiger partial charge in [-0.2, -0.15) is 0 Å². The van der Waals surface area contributed by atoms with E-state index in [1.807, 2.05) is 25.1 Å². The third-order valence-electron chi connectivity index (χ3n) is 3.47. The minimum Gasteiger partial charge on any atom is -0.382 e. The highest BCUT2D eigenvalue weighted by Crippen LogP contribution is 2.23. The number of rotatable bonds is 6. The molecule has 1 aliphatic rings. The van der Waals surface area contributed by atoms with Crippen molar-refractivity contribution in [3.63, 3.8) is 0 Å². The van der Waals surface area contributed by atoms with Crippen molar-refractivity contribution in [1.82, 2.24) is 4.90 Å². The van der Waals surface area contributed by atoms with Crippen LogP contribution in [0.4, 0.5) is 5.69 Å². The Bertz CT molecular complexity index is 490. The van der Waals surface area contributed by atoms with Gasteiger partial charge < -0.3 is 15.8 Å². The topological polar surface area (TPSA) is 67.6 Å². The van der Waals surface area contributed by atoms with Crippen LogP contribution in [0.15, 0.2) is 18.2 Å². The summed E-state index contributed by atoms with van der Waals surface area (Å²) in [7, 11) is 0. The van der Waals surface area contributed by atoms with Crippen molar-refractivity contribution < 1.29 is 9.53 Å². The van der Waals surface area contributed by atoms with Crippen LogP contribution in [-0.2, 0) is 16.1 Å². The average Bonchev–Trinajstić information content (AvgIpc) is 2.42. The number of primary amides is 1. The minimum absolute atomic E-state index is 0.0105. The molecule has 1 heterocycles. The normalized spacial score (nSPS) is 17.4. The van der Waals surface area contributed by atoms with Gasteiger partial charge in [0, 0.05) is 42.8 Å². The van der Waals surface area contributed by atoms with Crippen molar-refractivity contribution in [3.05, 3.63) is 28.8 Å². The Labute approximate surface area is 130 Å². The second-order valence-corrected chi connectivity index (χ2v) is 5.82. The number of nitrogens with zero attached hydrogens (tertiary/aromatic N) is 1. The molecule has 21 heavy (non-hydrogen) atoms. The van der Waals surface area contributed by atoms with E-state index < -0.39 is 0 Å². The van der Waals surface area contributed by atoms with Crippen LogP contribution < -0.4 is 11.1 Å². The van der Waals surface area contributed by atoms with E-state index in [0.717, 1.165) is 49.1 Å². The maximum absolute atomic E-state index is 10.9. The predicted molar refractivity (Wildman–Crippen MR) is 84.4 cm³/mol. The van der Waals surface area contributed by atoms with Crippen molar-refractivity contribution in [2.45, 2.75) is 25.9 Å². The summed E-state index contributed by atoms with van der Waals surface area (Å²) in [6.45, 7) is 6.18. The molecule has 1 amide bonds. The van der Waals surface area contributed by atoms with Gasteiger partial charge in [-0.15, -0.1) is 0 Å². The molecule has 1 aromatic carbocycles. The number of hydrogen-bond donors (Lipinski definition) is 2. The smallest absolute Gasteiger partial charge is 0.219 e. The fourth-order valence-corrected chi connectivity index (χ4v) is 2.64. The van der Waals surface area contributed by atoms with Gasteiger partial charge in [-0.05, 0) is 24.6 Å². The Balaban J connectivity index is 1.94. The van der Waals surface area contributed by atoms with Gasteiger partial charge in [0.05, 0.1) is 13.2 Å². The number of carbonyl (C=O) groups excluding carboxylic acids is 1. The lowest BCUT2D eigenvalue weighted by Gasteiger charge is -2.27. The van der Waals surface area contributed by atoms with Gasteiger partial charge in [0.15, 0.2) is 0 Å². The number of halogens is 1. The van der Waals surface area contributed by atoms with Gasteiger partial charge in [0.25, 0.3) is 0 Å². The lowest BCUT2D eigenvalue weighted by molar-refractivity contribution is -0.118. The third-order valence-corrected chi connectivity index (χ3v) is 3.82. The van der Waals surface area contributed by atoms with Crippen molar-refractivity contribution in [2.24, 2.45) is 5.73 Å². The van der Waals surface area contributed by atoms with E-state index in [2.05, 4.69) is 10.2 Å². The number of ether oxygens (including phenoxy) is 1. The van der Waals surface area contributed by atoms with Crippen LogP contribution in [0.2, 0.25) is 5.02 Å². The second-order valence-electron chi connectivity index (χ2n) is 5.41. The molecule has 1 saturated heterocycles. The summed E-state index contributed by atoms with van der Waals surface area (Å²) >= 11 is 6.35. The fourth-order valence-electron chi connectivity index (χ4n) is 2.40. The summed E-state index contributed by atoms with van der Waals surface area (Å²) in [5.41, 5.74) is 7.19. The van der Waals surface area contributed by atoms with E-state index in [0.29, 0.717) is 6.42 Å². The number of anilines is 1. The Morgan fingerprint density at radius 3 is 2.81 bits per heavy atom. The zero-order chi connectivity index (χ0) is 15.2. The van der Waals surface area contributed by atoms with Gasteiger partial charge >= 0.3 is 0 Å². The van der Waals surface area contributed by atoms with Crippen LogP contribution in [-0.4, -0.2) is 43.2 Å². The number of hydrogen-bond acceptors (Lipinski definition) is 4. The zero-order valence-corrected chi connectivity index (χ0v) is 13.0. The Morgan fingerprint density at radius 2 is 2.19 bits per heavy atom. The second kappa shape index (κ2) is 7.64. The van der Waals surface area contributed by atoms with Crippen molar-refractivity contribution in [3.8, 4) is 0 Å². The molecule has 0 radical (unpaired) electrons. The molecule has 1 unspecified atom stereocenters. The molecule has 5 nitrogen and oxygen atoms in total. The summed E-state index contributed by atoms with van der Waals surface area (Å²) in [4.78, 5) is 13.2. The van der Waals surface area contributed by atoms with Crippen LogP contribution in [0.1, 0.15) is 18.9 Å². The van der Waals surface area contributed by atoms with Crippen LogP contribution in [0.5, 0.6) is 0 Å².